The van der Waals surface area contributed by atoms with Gasteiger partial charge >= 0.3 is 0 Å². The van der Waals surface area contributed by atoms with Crippen LogP contribution in [0.2, 0.25) is 0 Å². The maximum absolute atomic E-state index is 2.39. The van der Waals surface area contributed by atoms with Gasteiger partial charge in [0.1, 0.15) is 0 Å². The van der Waals surface area contributed by atoms with Crippen LogP contribution in [0, 0.1) is 0 Å². The van der Waals surface area contributed by atoms with E-state index in [1.54, 1.807) is 0 Å². The van der Waals surface area contributed by atoms with E-state index in [0.29, 0.717) is 0 Å². The first-order chi connectivity index (χ1) is 11.2. The Morgan fingerprint density at radius 2 is 1.08 bits per heavy atom. The van der Waals surface area contributed by atoms with Gasteiger partial charge in [0.15, 0.2) is 0 Å². The number of nitrogens with zero attached hydrogens (tertiary/aromatic N) is 1. The van der Waals surface area contributed by atoms with Gasteiger partial charge in [-0.05, 0) is 46.9 Å². The van der Waals surface area contributed by atoms with Crippen molar-refractivity contribution in [3.63, 3.8) is 0 Å². The third-order valence-corrected chi connectivity index (χ3v) is 6.34. The molecule has 3 aromatic rings. The van der Waals surface area contributed by atoms with Crippen LogP contribution in [0.25, 0.3) is 21.8 Å². The minimum Gasteiger partial charge on any atom is -0.344 e. The second kappa shape index (κ2) is 5.65. The van der Waals surface area contributed by atoms with Crippen LogP contribution in [-0.4, -0.2) is 4.57 Å². The highest BCUT2D eigenvalue weighted by Crippen LogP contribution is 2.36. The molecular weight excluding hydrogens is 290 g/mol. The van der Waals surface area contributed by atoms with E-state index in [1.807, 2.05) is 0 Å². The van der Waals surface area contributed by atoms with Crippen LogP contribution in [-0.2, 0) is 17.9 Å². The molecule has 0 fully saturated rings. The highest BCUT2D eigenvalue weighted by atomic mass is 14.9. The molecule has 1 aromatic heterocycles. The minimum atomic E-state index is 0.222. The molecule has 0 spiro atoms. The number of rotatable bonds is 4. The van der Waals surface area contributed by atoms with Gasteiger partial charge in [0, 0.05) is 28.9 Å². The van der Waals surface area contributed by atoms with Gasteiger partial charge in [-0.25, -0.2) is 0 Å². The van der Waals surface area contributed by atoms with E-state index >= 15 is 0 Å². The van der Waals surface area contributed by atoms with Gasteiger partial charge in [0.2, 0.25) is 0 Å². The Balaban J connectivity index is 2.27. The molecule has 0 saturated carbocycles. The summed E-state index contributed by atoms with van der Waals surface area (Å²) >= 11 is 0. The molecule has 128 valence electrons. The van der Waals surface area contributed by atoms with Crippen molar-refractivity contribution in [2.45, 2.75) is 65.2 Å². The molecule has 1 heteroatoms. The lowest BCUT2D eigenvalue weighted by Crippen LogP contribution is -2.15. The Labute approximate surface area is 146 Å². The predicted octanol–water partition coefficient (Wildman–Crippen LogP) is 6.71. The quantitative estimate of drug-likeness (QED) is 0.503. The highest BCUT2D eigenvalue weighted by Gasteiger charge is 2.21. The third-order valence-electron chi connectivity index (χ3n) is 6.34. The number of aryl methyl sites for hydroxylation is 1. The number of hydrogen-bond donors (Lipinski definition) is 0. The third kappa shape index (κ3) is 2.55. The number of fused-ring (bicyclic) bond motifs is 3. The van der Waals surface area contributed by atoms with Crippen molar-refractivity contribution >= 4 is 21.8 Å². The summed E-state index contributed by atoms with van der Waals surface area (Å²) in [6, 6.07) is 14.0. The van der Waals surface area contributed by atoms with Crippen LogP contribution in [0.5, 0.6) is 0 Å². The van der Waals surface area contributed by atoms with Crippen LogP contribution < -0.4 is 0 Å². The molecule has 0 aliphatic carbocycles. The van der Waals surface area contributed by atoms with Gasteiger partial charge in [-0.3, -0.25) is 0 Å². The number of aromatic nitrogens is 1. The Bertz CT molecular complexity index is 820. The summed E-state index contributed by atoms with van der Waals surface area (Å²) < 4.78 is 2.37. The van der Waals surface area contributed by atoms with E-state index in [1.165, 1.54) is 32.9 Å². The van der Waals surface area contributed by atoms with Crippen molar-refractivity contribution in [2.75, 3.05) is 0 Å². The molecule has 24 heavy (non-hydrogen) atoms. The largest absolute Gasteiger partial charge is 0.344 e. The van der Waals surface area contributed by atoms with E-state index in [2.05, 4.69) is 89.6 Å². The minimum absolute atomic E-state index is 0.222. The zero-order valence-electron chi connectivity index (χ0n) is 16.3. The molecule has 0 atom stereocenters. The predicted molar refractivity (Wildman–Crippen MR) is 107 cm³/mol. The Hall–Kier alpha value is -1.76. The molecule has 0 unspecified atom stereocenters. The molecule has 0 N–H and O–H groups in total. The molecule has 0 bridgehead atoms. The summed E-state index contributed by atoms with van der Waals surface area (Å²) in [5.74, 6) is 0. The SMILES string of the molecule is CCC(C)(C)c1ccc2c3ccc(C(C)(C)CC)cc3n(C)c2c1. The van der Waals surface area contributed by atoms with E-state index in [-0.39, 0.29) is 10.8 Å². The van der Waals surface area contributed by atoms with Crippen molar-refractivity contribution in [3.05, 3.63) is 47.5 Å². The maximum Gasteiger partial charge on any atom is 0.0491 e. The Morgan fingerprint density at radius 3 is 1.42 bits per heavy atom. The lowest BCUT2D eigenvalue weighted by atomic mass is 9.81. The first-order valence-electron chi connectivity index (χ1n) is 9.24. The zero-order valence-corrected chi connectivity index (χ0v) is 16.3. The second-order valence-corrected chi connectivity index (χ2v) is 8.50. The van der Waals surface area contributed by atoms with Crippen molar-refractivity contribution in [1.29, 1.82) is 0 Å². The van der Waals surface area contributed by atoms with Crippen molar-refractivity contribution in [1.82, 2.24) is 4.57 Å². The van der Waals surface area contributed by atoms with E-state index in [9.17, 15) is 0 Å². The molecule has 0 radical (unpaired) electrons. The fourth-order valence-electron chi connectivity index (χ4n) is 3.45. The molecule has 3 rings (SSSR count). The normalized spacial score (nSPS) is 13.1. The molecule has 0 aliphatic heterocycles. The van der Waals surface area contributed by atoms with Gasteiger partial charge < -0.3 is 4.57 Å². The Kier molecular flexibility index (Phi) is 4.02. The Morgan fingerprint density at radius 1 is 0.708 bits per heavy atom. The van der Waals surface area contributed by atoms with Gasteiger partial charge in [-0.15, -0.1) is 0 Å². The van der Waals surface area contributed by atoms with E-state index < -0.39 is 0 Å². The van der Waals surface area contributed by atoms with Crippen LogP contribution in [0.4, 0.5) is 0 Å². The molecular formula is C23H31N. The molecule has 1 heterocycles. The molecule has 0 aliphatic rings. The zero-order chi connectivity index (χ0) is 17.7. The summed E-state index contributed by atoms with van der Waals surface area (Å²) in [5, 5.41) is 2.73. The van der Waals surface area contributed by atoms with Crippen LogP contribution >= 0.6 is 0 Å². The summed E-state index contributed by atoms with van der Waals surface area (Å²) in [4.78, 5) is 0. The van der Waals surface area contributed by atoms with E-state index in [4.69, 9.17) is 0 Å². The molecule has 0 amide bonds. The van der Waals surface area contributed by atoms with Gasteiger partial charge in [-0.2, -0.15) is 0 Å². The highest BCUT2D eigenvalue weighted by molar-refractivity contribution is 6.08. The van der Waals surface area contributed by atoms with Crippen LogP contribution in [0.1, 0.15) is 65.5 Å². The average Bonchev–Trinajstić information content (AvgIpc) is 2.87. The van der Waals surface area contributed by atoms with Crippen LogP contribution in [0.3, 0.4) is 0 Å². The smallest absolute Gasteiger partial charge is 0.0491 e. The topological polar surface area (TPSA) is 4.93 Å². The van der Waals surface area contributed by atoms with Gasteiger partial charge in [-0.1, -0.05) is 65.8 Å². The van der Waals surface area contributed by atoms with Crippen molar-refractivity contribution in [3.8, 4) is 0 Å². The average molecular weight is 322 g/mol. The molecule has 1 nitrogen and oxygen atoms in total. The summed E-state index contributed by atoms with van der Waals surface area (Å²) in [6.45, 7) is 13.9. The van der Waals surface area contributed by atoms with Crippen LogP contribution in [0.15, 0.2) is 36.4 Å². The lowest BCUT2D eigenvalue weighted by molar-refractivity contribution is 0.506. The standard InChI is InChI=1S/C23H31N/c1-8-22(3,4)16-10-12-18-19-13-11-17(23(5,6)9-2)15-21(19)24(7)20(18)14-16/h10-15H,8-9H2,1-7H3. The van der Waals surface area contributed by atoms with Crippen molar-refractivity contribution < 1.29 is 0 Å². The fourth-order valence-corrected chi connectivity index (χ4v) is 3.45. The van der Waals surface area contributed by atoms with E-state index in [0.717, 1.165) is 12.8 Å². The summed E-state index contributed by atoms with van der Waals surface area (Å²) in [7, 11) is 2.20. The van der Waals surface area contributed by atoms with Crippen molar-refractivity contribution in [2.24, 2.45) is 7.05 Å². The number of hydrogen-bond acceptors (Lipinski definition) is 0. The first-order valence-corrected chi connectivity index (χ1v) is 9.24. The second-order valence-electron chi connectivity index (χ2n) is 8.50. The molecule has 2 aromatic carbocycles. The van der Waals surface area contributed by atoms with Gasteiger partial charge in [0.25, 0.3) is 0 Å². The first kappa shape index (κ1) is 17.1. The van der Waals surface area contributed by atoms with Gasteiger partial charge in [0.05, 0.1) is 0 Å². The lowest BCUT2D eigenvalue weighted by Gasteiger charge is -2.23. The fraction of sp³-hybridized carbons (Fsp3) is 0.478. The number of benzene rings is 2. The summed E-state index contributed by atoms with van der Waals surface area (Å²) in [5.41, 5.74) is 5.99. The monoisotopic (exact) mass is 321 g/mol. The maximum atomic E-state index is 2.39. The summed E-state index contributed by atoms with van der Waals surface area (Å²) in [6.07, 6.45) is 2.30. The molecule has 0 saturated heterocycles.